The van der Waals surface area contributed by atoms with Gasteiger partial charge in [0, 0.05) is 24.2 Å². The molecule has 6 heteroatoms. The average Bonchev–Trinajstić information content (AvgIpc) is 3.21. The van der Waals surface area contributed by atoms with Crippen molar-refractivity contribution in [3.05, 3.63) is 70.5 Å². The second-order valence-electron chi connectivity index (χ2n) is 8.96. The Bertz CT molecular complexity index is 850. The van der Waals surface area contributed by atoms with E-state index in [-0.39, 0.29) is 17.9 Å². The molecule has 2 N–H and O–H groups in total. The number of hydrogen-bond acceptors (Lipinski definition) is 2. The van der Waals surface area contributed by atoms with Gasteiger partial charge in [-0.15, -0.1) is 0 Å². The Morgan fingerprint density at radius 1 is 1.00 bits per heavy atom. The molecule has 0 aromatic heterocycles. The number of nitrogens with one attached hydrogen (secondary N) is 2. The summed E-state index contributed by atoms with van der Waals surface area (Å²) in [6.07, 6.45) is 5.64. The van der Waals surface area contributed by atoms with E-state index in [1.54, 1.807) is 12.1 Å². The van der Waals surface area contributed by atoms with Crippen molar-refractivity contribution < 1.29 is 9.18 Å². The quantitative estimate of drug-likeness (QED) is 0.634. The molecule has 0 unspecified atom stereocenters. The molecule has 0 radical (unpaired) electrons. The largest absolute Gasteiger partial charge is 0.335 e. The van der Waals surface area contributed by atoms with Crippen LogP contribution in [-0.4, -0.2) is 36.6 Å². The van der Waals surface area contributed by atoms with E-state index >= 15 is 0 Å². The Kier molecular flexibility index (Phi) is 7.46. The Hall–Kier alpha value is -2.11. The molecule has 4 nitrogen and oxygen atoms in total. The van der Waals surface area contributed by atoms with Gasteiger partial charge in [-0.3, -0.25) is 0 Å². The van der Waals surface area contributed by atoms with Gasteiger partial charge in [0.2, 0.25) is 0 Å². The summed E-state index contributed by atoms with van der Waals surface area (Å²) in [5.41, 5.74) is 2.30. The van der Waals surface area contributed by atoms with Crippen molar-refractivity contribution in [2.24, 2.45) is 5.92 Å². The number of rotatable bonds is 6. The summed E-state index contributed by atoms with van der Waals surface area (Å²) in [5.74, 6) is 1.02. The molecule has 166 valence electrons. The van der Waals surface area contributed by atoms with Gasteiger partial charge in [0.25, 0.3) is 0 Å². The van der Waals surface area contributed by atoms with Crippen molar-refractivity contribution in [1.29, 1.82) is 0 Å². The fourth-order valence-corrected chi connectivity index (χ4v) is 5.07. The highest BCUT2D eigenvalue weighted by molar-refractivity contribution is 6.30. The minimum absolute atomic E-state index is 0.140. The molecule has 31 heavy (non-hydrogen) atoms. The molecule has 2 amide bonds. The number of likely N-dealkylation sites (tertiary alicyclic amines) is 1. The summed E-state index contributed by atoms with van der Waals surface area (Å²) < 4.78 is 13.0. The van der Waals surface area contributed by atoms with Crippen molar-refractivity contribution in [2.75, 3.05) is 19.6 Å². The number of amides is 2. The topological polar surface area (TPSA) is 44.4 Å². The second-order valence-corrected chi connectivity index (χ2v) is 9.39. The third kappa shape index (κ3) is 6.44. The maximum absolute atomic E-state index is 13.0. The zero-order valence-electron chi connectivity index (χ0n) is 17.8. The average molecular weight is 444 g/mol. The fraction of sp³-hybridized carbons (Fsp3) is 0.480. The van der Waals surface area contributed by atoms with E-state index in [0.717, 1.165) is 43.1 Å². The van der Waals surface area contributed by atoms with Gasteiger partial charge in [0.1, 0.15) is 5.82 Å². The lowest BCUT2D eigenvalue weighted by atomic mass is 9.89. The van der Waals surface area contributed by atoms with E-state index in [1.165, 1.54) is 37.0 Å². The smallest absolute Gasteiger partial charge is 0.315 e. The Labute approximate surface area is 189 Å². The van der Waals surface area contributed by atoms with Crippen LogP contribution in [0, 0.1) is 11.7 Å². The van der Waals surface area contributed by atoms with Crippen LogP contribution in [0.4, 0.5) is 9.18 Å². The fourth-order valence-electron chi connectivity index (χ4n) is 4.94. The van der Waals surface area contributed by atoms with Crippen LogP contribution in [0.15, 0.2) is 48.5 Å². The number of hydrogen-bond donors (Lipinski definition) is 2. The van der Waals surface area contributed by atoms with Crippen molar-refractivity contribution >= 4 is 17.6 Å². The standard InChI is InChI=1S/C25H31ClFN3O/c26-22-6-4-20(5-7-22)21-11-13-30(14-12-21)17-19-3-10-24(15-19)29-25(31)28-16-18-1-8-23(27)9-2-18/h1-2,4-9,19,21,24H,3,10-17H2,(H2,28,29,31)/t19-,24+/m1/s1. The number of benzene rings is 2. The Morgan fingerprint density at radius 3 is 2.42 bits per heavy atom. The third-order valence-corrected chi connectivity index (χ3v) is 6.94. The first kappa shape index (κ1) is 22.1. The van der Waals surface area contributed by atoms with Crippen LogP contribution in [0.5, 0.6) is 0 Å². The van der Waals surface area contributed by atoms with Crippen LogP contribution >= 0.6 is 11.6 Å². The zero-order valence-corrected chi connectivity index (χ0v) is 18.6. The van der Waals surface area contributed by atoms with Gasteiger partial charge in [-0.25, -0.2) is 9.18 Å². The van der Waals surface area contributed by atoms with Crippen LogP contribution in [-0.2, 0) is 6.54 Å². The predicted molar refractivity (Wildman–Crippen MR) is 123 cm³/mol. The summed E-state index contributed by atoms with van der Waals surface area (Å²) in [5, 5.41) is 6.78. The van der Waals surface area contributed by atoms with Gasteiger partial charge in [0.05, 0.1) is 0 Å². The first-order valence-electron chi connectivity index (χ1n) is 11.3. The maximum atomic E-state index is 13.0. The van der Waals surface area contributed by atoms with Crippen molar-refractivity contribution in [2.45, 2.75) is 50.6 Å². The van der Waals surface area contributed by atoms with E-state index in [2.05, 4.69) is 27.7 Å². The molecule has 2 fully saturated rings. The molecule has 4 rings (SSSR count). The summed E-state index contributed by atoms with van der Waals surface area (Å²) >= 11 is 6.01. The molecular weight excluding hydrogens is 413 g/mol. The minimum Gasteiger partial charge on any atom is -0.335 e. The molecule has 2 aliphatic rings. The maximum Gasteiger partial charge on any atom is 0.315 e. The molecule has 2 aromatic rings. The van der Waals surface area contributed by atoms with E-state index in [1.807, 2.05) is 12.1 Å². The SMILES string of the molecule is O=C(NCc1ccc(F)cc1)N[C@H]1CC[C@@H](CN2CCC(c3ccc(Cl)cc3)CC2)C1. The summed E-state index contributed by atoms with van der Waals surface area (Å²) in [6, 6.07) is 14.6. The number of halogens is 2. The monoisotopic (exact) mass is 443 g/mol. The van der Waals surface area contributed by atoms with Crippen LogP contribution < -0.4 is 10.6 Å². The molecule has 1 aliphatic carbocycles. The first-order chi connectivity index (χ1) is 15.0. The van der Waals surface area contributed by atoms with Crippen molar-refractivity contribution in [3.8, 4) is 0 Å². The van der Waals surface area contributed by atoms with Crippen LogP contribution in [0.1, 0.15) is 49.1 Å². The number of carbonyl (C=O) groups is 1. The highest BCUT2D eigenvalue weighted by atomic mass is 35.5. The molecule has 2 atom stereocenters. The summed E-state index contributed by atoms with van der Waals surface area (Å²) in [7, 11) is 0. The Balaban J connectivity index is 1.14. The van der Waals surface area contributed by atoms with Gasteiger partial charge in [-0.1, -0.05) is 35.9 Å². The molecule has 1 heterocycles. The molecule has 0 spiro atoms. The summed E-state index contributed by atoms with van der Waals surface area (Å²) in [6.45, 7) is 3.81. The van der Waals surface area contributed by atoms with Gasteiger partial charge in [-0.2, -0.15) is 0 Å². The lowest BCUT2D eigenvalue weighted by Crippen LogP contribution is -2.41. The molecule has 1 saturated heterocycles. The normalized spacial score (nSPS) is 22.4. The van der Waals surface area contributed by atoms with Gasteiger partial charge in [0.15, 0.2) is 0 Å². The first-order valence-corrected chi connectivity index (χ1v) is 11.7. The van der Waals surface area contributed by atoms with E-state index in [9.17, 15) is 9.18 Å². The second kappa shape index (κ2) is 10.5. The van der Waals surface area contributed by atoms with E-state index < -0.39 is 0 Å². The number of urea groups is 1. The van der Waals surface area contributed by atoms with Crippen LogP contribution in [0.25, 0.3) is 0 Å². The molecule has 1 aliphatic heterocycles. The third-order valence-electron chi connectivity index (χ3n) is 6.69. The van der Waals surface area contributed by atoms with Crippen molar-refractivity contribution in [3.63, 3.8) is 0 Å². The Morgan fingerprint density at radius 2 is 1.71 bits per heavy atom. The van der Waals surface area contributed by atoms with Crippen LogP contribution in [0.3, 0.4) is 0 Å². The predicted octanol–water partition coefficient (Wildman–Crippen LogP) is 5.33. The number of carbonyl (C=O) groups excluding carboxylic acids is 1. The van der Waals surface area contributed by atoms with E-state index in [4.69, 9.17) is 11.6 Å². The van der Waals surface area contributed by atoms with Gasteiger partial charge in [-0.05, 0) is 92.4 Å². The van der Waals surface area contributed by atoms with E-state index in [0.29, 0.717) is 18.4 Å². The zero-order chi connectivity index (χ0) is 21.6. The van der Waals surface area contributed by atoms with Crippen molar-refractivity contribution in [1.82, 2.24) is 15.5 Å². The lowest BCUT2D eigenvalue weighted by Gasteiger charge is -2.33. The molecule has 2 aromatic carbocycles. The summed E-state index contributed by atoms with van der Waals surface area (Å²) in [4.78, 5) is 14.8. The number of nitrogens with zero attached hydrogens (tertiary/aromatic N) is 1. The van der Waals surface area contributed by atoms with Gasteiger partial charge >= 0.3 is 6.03 Å². The molecular formula is C25H31ClFN3O. The minimum atomic E-state index is -0.264. The highest BCUT2D eigenvalue weighted by Crippen LogP contribution is 2.31. The van der Waals surface area contributed by atoms with Crippen LogP contribution in [0.2, 0.25) is 5.02 Å². The lowest BCUT2D eigenvalue weighted by molar-refractivity contribution is 0.182. The number of piperidine rings is 1. The molecule has 0 bridgehead atoms. The van der Waals surface area contributed by atoms with Gasteiger partial charge < -0.3 is 15.5 Å². The highest BCUT2D eigenvalue weighted by Gasteiger charge is 2.29. The molecule has 1 saturated carbocycles.